The predicted molar refractivity (Wildman–Crippen MR) is 44.1 cm³/mol. The van der Waals surface area contributed by atoms with Crippen molar-refractivity contribution in [1.82, 2.24) is 9.97 Å². The average Bonchev–Trinajstić information content (AvgIpc) is 2.61. The molecule has 1 heterocycles. The zero-order valence-corrected chi connectivity index (χ0v) is 7.21. The molecule has 2 rings (SSSR count). The number of nitrogens with zero attached hydrogens (tertiary/aromatic N) is 1. The topological polar surface area (TPSA) is 70.2 Å². The Labute approximate surface area is 77.8 Å². The number of benzene rings is 1. The summed E-state index contributed by atoms with van der Waals surface area (Å²) in [7, 11) is 0. The minimum atomic E-state index is 0.771. The third-order valence-electron chi connectivity index (χ3n) is 1.55. The number of hydrogen-bond acceptors (Lipinski definition) is 5. The van der Waals surface area contributed by atoms with Gasteiger partial charge in [-0.2, -0.15) is 4.33 Å². The van der Waals surface area contributed by atoms with Crippen LogP contribution in [0.4, 0.5) is 0 Å². The molecule has 13 heavy (non-hydrogen) atoms. The van der Waals surface area contributed by atoms with Gasteiger partial charge in [0, 0.05) is 4.90 Å². The molecule has 0 radical (unpaired) electrons. The summed E-state index contributed by atoms with van der Waals surface area (Å²) in [6, 6.07) is 5.42. The van der Waals surface area contributed by atoms with E-state index < -0.39 is 0 Å². The van der Waals surface area contributed by atoms with Crippen LogP contribution in [-0.4, -0.2) is 9.97 Å². The van der Waals surface area contributed by atoms with E-state index in [0.717, 1.165) is 28.0 Å². The number of imidazole rings is 1. The molecule has 1 N–H and O–H groups in total. The molecule has 6 heteroatoms. The van der Waals surface area contributed by atoms with Gasteiger partial charge in [0.2, 0.25) is 0 Å². The highest BCUT2D eigenvalue weighted by molar-refractivity contribution is 7.94. The predicted octanol–water partition coefficient (Wildman–Crippen LogP) is 0.793. The molecule has 0 fully saturated rings. The van der Waals surface area contributed by atoms with E-state index in [9.17, 15) is 5.26 Å². The molecule has 0 aliphatic carbocycles. The molecule has 2 aromatic rings. The molecule has 5 nitrogen and oxygen atoms in total. The lowest BCUT2D eigenvalue weighted by atomic mass is 10.3. The maximum Gasteiger partial charge on any atom is 0.0931 e. The van der Waals surface area contributed by atoms with Crippen molar-refractivity contribution in [2.45, 2.75) is 4.90 Å². The van der Waals surface area contributed by atoms with E-state index in [1.807, 2.05) is 12.1 Å². The van der Waals surface area contributed by atoms with Crippen LogP contribution in [0, 0.1) is 0 Å². The Kier molecular flexibility index (Phi) is 2.46. The van der Waals surface area contributed by atoms with E-state index in [2.05, 4.69) is 19.3 Å². The Morgan fingerprint density at radius 3 is 3.23 bits per heavy atom. The number of aromatic amines is 1. The van der Waals surface area contributed by atoms with Crippen LogP contribution in [0.2, 0.25) is 0 Å². The second kappa shape index (κ2) is 3.75. The summed E-state index contributed by atoms with van der Waals surface area (Å²) in [5.41, 5.74) is 1.76. The average molecular weight is 197 g/mol. The van der Waals surface area contributed by atoms with Crippen molar-refractivity contribution in [2.75, 3.05) is 0 Å². The fourth-order valence-corrected chi connectivity index (χ4v) is 1.42. The fourth-order valence-electron chi connectivity index (χ4n) is 1.02. The third-order valence-corrected chi connectivity index (χ3v) is 2.12. The lowest BCUT2D eigenvalue weighted by Crippen LogP contribution is -2.00. The first kappa shape index (κ1) is 8.52. The summed E-state index contributed by atoms with van der Waals surface area (Å²) < 4.78 is 4.17. The van der Waals surface area contributed by atoms with Crippen LogP contribution in [0.1, 0.15) is 0 Å². The van der Waals surface area contributed by atoms with E-state index in [1.54, 1.807) is 12.4 Å². The van der Waals surface area contributed by atoms with E-state index in [-0.39, 0.29) is 0 Å². The Balaban J connectivity index is 2.26. The van der Waals surface area contributed by atoms with Gasteiger partial charge in [-0.25, -0.2) is 4.98 Å². The van der Waals surface area contributed by atoms with Gasteiger partial charge in [0.05, 0.1) is 29.4 Å². The molecule has 0 atom stereocenters. The number of nitrogens with one attached hydrogen (secondary N) is 1. The van der Waals surface area contributed by atoms with Crippen molar-refractivity contribution >= 4 is 23.1 Å². The lowest BCUT2D eigenvalue weighted by Gasteiger charge is -2.02. The van der Waals surface area contributed by atoms with Gasteiger partial charge in [-0.05, 0) is 18.2 Å². The standard InChI is InChI=1S/C7H6N2O3S/c10-11-12-13-5-1-2-6-7(3-5)9-4-8-6/h1-4,10H,(H,8,9)/p-1. The smallest absolute Gasteiger partial charge is 0.0931 e. The number of aromatic nitrogens is 2. The molecule has 0 saturated carbocycles. The van der Waals surface area contributed by atoms with E-state index in [1.165, 1.54) is 0 Å². The van der Waals surface area contributed by atoms with Crippen molar-refractivity contribution in [3.05, 3.63) is 24.5 Å². The summed E-state index contributed by atoms with van der Waals surface area (Å²) in [5, 5.41) is 12.8. The minimum absolute atomic E-state index is 0.771. The van der Waals surface area contributed by atoms with Crippen molar-refractivity contribution in [3.63, 3.8) is 0 Å². The van der Waals surface area contributed by atoms with Crippen LogP contribution < -0.4 is 5.26 Å². The quantitative estimate of drug-likeness (QED) is 0.447. The van der Waals surface area contributed by atoms with Gasteiger partial charge < -0.3 is 10.2 Å². The molecular formula is C7H5N2O3S-. The second-order valence-electron chi connectivity index (χ2n) is 2.30. The highest BCUT2D eigenvalue weighted by atomic mass is 32.2. The zero-order chi connectivity index (χ0) is 9.10. The summed E-state index contributed by atoms with van der Waals surface area (Å²) in [6.45, 7) is 0. The van der Waals surface area contributed by atoms with Crippen LogP contribution in [-0.2, 0) is 9.37 Å². The Hall–Kier alpha value is -1.08. The SMILES string of the molecule is [O-]OOSc1ccc2nc[nH]c2c1. The first-order valence-corrected chi connectivity index (χ1v) is 4.20. The Bertz CT molecular complexity index is 403. The summed E-state index contributed by atoms with van der Waals surface area (Å²) in [5.74, 6) is 0. The van der Waals surface area contributed by atoms with Gasteiger partial charge in [0.15, 0.2) is 0 Å². The van der Waals surface area contributed by atoms with Crippen molar-refractivity contribution < 1.29 is 14.6 Å². The molecule has 1 aromatic heterocycles. The van der Waals surface area contributed by atoms with Crippen LogP contribution in [0.3, 0.4) is 0 Å². The molecule has 68 valence electrons. The molecule has 0 saturated heterocycles. The number of rotatable bonds is 3. The number of fused-ring (bicyclic) bond motifs is 1. The highest BCUT2D eigenvalue weighted by Gasteiger charge is 1.98. The second-order valence-corrected chi connectivity index (χ2v) is 3.08. The van der Waals surface area contributed by atoms with Gasteiger partial charge in [-0.3, -0.25) is 5.04 Å². The summed E-state index contributed by atoms with van der Waals surface area (Å²) in [4.78, 5) is 7.75. The van der Waals surface area contributed by atoms with Crippen molar-refractivity contribution in [2.24, 2.45) is 0 Å². The summed E-state index contributed by atoms with van der Waals surface area (Å²) in [6.07, 6.45) is 1.60. The highest BCUT2D eigenvalue weighted by Crippen LogP contribution is 2.21. The van der Waals surface area contributed by atoms with Crippen LogP contribution >= 0.6 is 12.0 Å². The molecule has 0 bridgehead atoms. The van der Waals surface area contributed by atoms with Gasteiger partial charge in [0.25, 0.3) is 0 Å². The van der Waals surface area contributed by atoms with Gasteiger partial charge >= 0.3 is 0 Å². The van der Waals surface area contributed by atoms with E-state index in [4.69, 9.17) is 0 Å². The molecule has 0 spiro atoms. The van der Waals surface area contributed by atoms with Gasteiger partial charge in [0.1, 0.15) is 0 Å². The summed E-state index contributed by atoms with van der Waals surface area (Å²) >= 11 is 0.856. The monoisotopic (exact) mass is 197 g/mol. The van der Waals surface area contributed by atoms with E-state index in [0.29, 0.717) is 0 Å². The first-order chi connectivity index (χ1) is 6.40. The van der Waals surface area contributed by atoms with E-state index >= 15 is 0 Å². The molecule has 0 amide bonds. The van der Waals surface area contributed by atoms with Crippen molar-refractivity contribution in [3.8, 4) is 0 Å². The molecule has 0 aliphatic heterocycles. The third kappa shape index (κ3) is 1.81. The maximum atomic E-state index is 9.55. The van der Waals surface area contributed by atoms with Crippen LogP contribution in [0.15, 0.2) is 29.4 Å². The minimum Gasteiger partial charge on any atom is -0.691 e. The lowest BCUT2D eigenvalue weighted by molar-refractivity contribution is -0.777. The maximum absolute atomic E-state index is 9.55. The Morgan fingerprint density at radius 1 is 1.46 bits per heavy atom. The molecule has 0 aliphatic rings. The molecule has 0 unspecified atom stereocenters. The van der Waals surface area contributed by atoms with Crippen molar-refractivity contribution in [1.29, 1.82) is 0 Å². The molecule has 1 aromatic carbocycles. The normalized spacial score (nSPS) is 10.8. The fraction of sp³-hybridized carbons (Fsp3) is 0. The largest absolute Gasteiger partial charge is 0.691 e. The number of hydrogen-bond donors (Lipinski definition) is 1. The van der Waals surface area contributed by atoms with Crippen LogP contribution in [0.5, 0.6) is 0 Å². The van der Waals surface area contributed by atoms with Crippen LogP contribution in [0.25, 0.3) is 11.0 Å². The van der Waals surface area contributed by atoms with Gasteiger partial charge in [-0.15, -0.1) is 0 Å². The van der Waals surface area contributed by atoms with Gasteiger partial charge in [-0.1, -0.05) is 0 Å². The number of H-pyrrole nitrogens is 1. The Morgan fingerprint density at radius 2 is 2.38 bits per heavy atom. The molecular weight excluding hydrogens is 192 g/mol. The first-order valence-electron chi connectivity index (χ1n) is 3.46. The zero-order valence-electron chi connectivity index (χ0n) is 6.39.